The molecule has 0 bridgehead atoms. The van der Waals surface area contributed by atoms with E-state index in [-0.39, 0.29) is 18.5 Å². The van der Waals surface area contributed by atoms with E-state index in [0.29, 0.717) is 10.6 Å². The molecule has 1 saturated heterocycles. The Morgan fingerprint density at radius 3 is 2.85 bits per heavy atom. The number of aromatic nitrogens is 3. The van der Waals surface area contributed by atoms with E-state index in [1.807, 2.05) is 31.2 Å². The summed E-state index contributed by atoms with van der Waals surface area (Å²) in [7, 11) is 0. The minimum atomic E-state index is -0.0431. The van der Waals surface area contributed by atoms with Crippen LogP contribution in [0.1, 0.15) is 32.3 Å². The summed E-state index contributed by atoms with van der Waals surface area (Å²) < 4.78 is 2.21. The van der Waals surface area contributed by atoms with Gasteiger partial charge in [0.05, 0.1) is 0 Å². The molecule has 0 unspecified atom stereocenters. The summed E-state index contributed by atoms with van der Waals surface area (Å²) in [5.41, 5.74) is 2.12. The highest BCUT2D eigenvalue weighted by atomic mass is 32.1. The van der Waals surface area contributed by atoms with E-state index in [1.165, 1.54) is 18.4 Å². The first-order valence-corrected chi connectivity index (χ1v) is 10.1. The molecule has 146 valence electrons. The van der Waals surface area contributed by atoms with Crippen molar-refractivity contribution in [3.8, 4) is 11.4 Å². The van der Waals surface area contributed by atoms with Crippen LogP contribution in [0.3, 0.4) is 0 Å². The molecular weight excluding hydrogens is 358 g/mol. The number of piperidine rings is 1. The molecule has 1 aliphatic rings. The SMILES string of the molecule is Cc1ccc(-c2n[nH]c(=S)n2CC(=O)N[C@@H](C)CN2CCC[C@@H](C)C2)cc1. The number of carbonyl (C=O) groups is 1. The van der Waals surface area contributed by atoms with Crippen LogP contribution in [0.4, 0.5) is 0 Å². The molecule has 6 nitrogen and oxygen atoms in total. The van der Waals surface area contributed by atoms with Gasteiger partial charge in [0.1, 0.15) is 6.54 Å². The normalized spacial score (nSPS) is 19.0. The van der Waals surface area contributed by atoms with Crippen molar-refractivity contribution in [1.82, 2.24) is 25.0 Å². The van der Waals surface area contributed by atoms with Crippen molar-refractivity contribution in [1.29, 1.82) is 0 Å². The van der Waals surface area contributed by atoms with Crippen molar-refractivity contribution in [3.05, 3.63) is 34.6 Å². The summed E-state index contributed by atoms with van der Waals surface area (Å²) in [5.74, 6) is 1.38. The fourth-order valence-electron chi connectivity index (χ4n) is 3.74. The number of carbonyl (C=O) groups excluding carboxylic acids is 1. The molecule has 0 saturated carbocycles. The predicted molar refractivity (Wildman–Crippen MR) is 110 cm³/mol. The molecule has 7 heteroatoms. The van der Waals surface area contributed by atoms with Gasteiger partial charge in [-0.25, -0.2) is 0 Å². The fourth-order valence-corrected chi connectivity index (χ4v) is 3.93. The zero-order chi connectivity index (χ0) is 19.4. The number of amides is 1. The van der Waals surface area contributed by atoms with E-state index < -0.39 is 0 Å². The van der Waals surface area contributed by atoms with Gasteiger partial charge >= 0.3 is 0 Å². The largest absolute Gasteiger partial charge is 0.351 e. The number of hydrogen-bond acceptors (Lipinski definition) is 4. The maximum atomic E-state index is 12.6. The lowest BCUT2D eigenvalue weighted by Gasteiger charge is -2.32. The van der Waals surface area contributed by atoms with Crippen LogP contribution in [0.15, 0.2) is 24.3 Å². The van der Waals surface area contributed by atoms with Crippen molar-refractivity contribution in [2.24, 2.45) is 5.92 Å². The molecule has 1 amide bonds. The number of H-pyrrole nitrogens is 1. The van der Waals surface area contributed by atoms with Crippen molar-refractivity contribution in [2.45, 2.75) is 46.2 Å². The van der Waals surface area contributed by atoms with E-state index in [0.717, 1.165) is 31.1 Å². The minimum absolute atomic E-state index is 0.0431. The summed E-state index contributed by atoms with van der Waals surface area (Å²) in [6.45, 7) is 9.69. The molecule has 2 N–H and O–H groups in total. The second kappa shape index (κ2) is 8.80. The summed E-state index contributed by atoms with van der Waals surface area (Å²) in [6.07, 6.45) is 2.55. The first-order valence-electron chi connectivity index (χ1n) is 9.66. The number of nitrogens with one attached hydrogen (secondary N) is 2. The zero-order valence-electron chi connectivity index (χ0n) is 16.4. The van der Waals surface area contributed by atoms with Crippen LogP contribution in [0.2, 0.25) is 0 Å². The Morgan fingerprint density at radius 1 is 1.41 bits per heavy atom. The first kappa shape index (κ1) is 19.8. The van der Waals surface area contributed by atoms with Crippen molar-refractivity contribution in [2.75, 3.05) is 19.6 Å². The monoisotopic (exact) mass is 387 g/mol. The van der Waals surface area contributed by atoms with Crippen LogP contribution in [0.25, 0.3) is 11.4 Å². The quantitative estimate of drug-likeness (QED) is 0.748. The Hall–Kier alpha value is -1.99. The summed E-state index contributed by atoms with van der Waals surface area (Å²) >= 11 is 5.33. The predicted octanol–water partition coefficient (Wildman–Crippen LogP) is 3.15. The third kappa shape index (κ3) is 5.26. The smallest absolute Gasteiger partial charge is 0.240 e. The van der Waals surface area contributed by atoms with E-state index in [9.17, 15) is 4.79 Å². The van der Waals surface area contributed by atoms with Crippen molar-refractivity contribution < 1.29 is 4.79 Å². The Bertz CT molecular complexity index is 826. The van der Waals surface area contributed by atoms with Gasteiger partial charge in [-0.15, -0.1) is 0 Å². The number of rotatable bonds is 6. The lowest BCUT2D eigenvalue weighted by Crippen LogP contribution is -2.45. The zero-order valence-corrected chi connectivity index (χ0v) is 17.2. The van der Waals surface area contributed by atoms with Gasteiger partial charge in [0, 0.05) is 24.7 Å². The van der Waals surface area contributed by atoms with Crippen LogP contribution < -0.4 is 5.32 Å². The number of aromatic amines is 1. The lowest BCUT2D eigenvalue weighted by atomic mass is 10.00. The number of benzene rings is 1. The minimum Gasteiger partial charge on any atom is -0.351 e. The molecule has 27 heavy (non-hydrogen) atoms. The highest BCUT2D eigenvalue weighted by molar-refractivity contribution is 7.71. The molecule has 2 heterocycles. The van der Waals surface area contributed by atoms with Crippen LogP contribution in [-0.4, -0.2) is 51.2 Å². The molecule has 0 radical (unpaired) electrons. The Balaban J connectivity index is 1.61. The topological polar surface area (TPSA) is 66.0 Å². The van der Waals surface area contributed by atoms with E-state index in [4.69, 9.17) is 12.2 Å². The molecule has 1 aromatic carbocycles. The molecular formula is C20H29N5OS. The molecule has 3 rings (SSSR count). The second-order valence-electron chi connectivity index (χ2n) is 7.78. The maximum absolute atomic E-state index is 12.6. The van der Waals surface area contributed by atoms with Gasteiger partial charge in [-0.05, 0) is 51.4 Å². The fraction of sp³-hybridized carbons (Fsp3) is 0.550. The van der Waals surface area contributed by atoms with Crippen LogP contribution >= 0.6 is 12.2 Å². The van der Waals surface area contributed by atoms with E-state index in [2.05, 4.69) is 34.3 Å². The number of nitrogens with zero attached hydrogens (tertiary/aromatic N) is 3. The summed E-state index contributed by atoms with van der Waals surface area (Å²) in [5, 5.41) is 10.2. The van der Waals surface area contributed by atoms with Gasteiger partial charge in [-0.1, -0.05) is 36.8 Å². The number of likely N-dealkylation sites (tertiary alicyclic amines) is 1. The third-order valence-corrected chi connectivity index (χ3v) is 5.36. The third-order valence-electron chi connectivity index (χ3n) is 5.05. The molecule has 2 aromatic rings. The standard InChI is InChI=1S/C20H29N5OS/c1-14-6-8-17(9-7-14)19-22-23-20(27)25(19)13-18(26)21-16(3)12-24-10-4-5-15(2)11-24/h6-9,15-16H,4-5,10-13H2,1-3H3,(H,21,26)(H,23,27)/t15-,16+/m1/s1. The molecule has 1 aliphatic heterocycles. The van der Waals surface area contributed by atoms with Crippen LogP contribution in [0.5, 0.6) is 0 Å². The second-order valence-corrected chi connectivity index (χ2v) is 8.17. The van der Waals surface area contributed by atoms with Gasteiger partial charge in [0.2, 0.25) is 5.91 Å². The molecule has 1 aromatic heterocycles. The van der Waals surface area contributed by atoms with Gasteiger partial charge in [-0.2, -0.15) is 5.10 Å². The highest BCUT2D eigenvalue weighted by Gasteiger charge is 2.19. The van der Waals surface area contributed by atoms with E-state index in [1.54, 1.807) is 4.57 Å². The van der Waals surface area contributed by atoms with Gasteiger partial charge in [0.25, 0.3) is 0 Å². The average Bonchev–Trinajstić information content (AvgIpc) is 2.96. The van der Waals surface area contributed by atoms with E-state index >= 15 is 0 Å². The Kier molecular flexibility index (Phi) is 6.44. The Labute approximate surface area is 166 Å². The van der Waals surface area contributed by atoms with Crippen LogP contribution in [-0.2, 0) is 11.3 Å². The number of aryl methyl sites for hydroxylation is 1. The molecule has 0 spiro atoms. The molecule has 0 aliphatic carbocycles. The number of hydrogen-bond donors (Lipinski definition) is 2. The van der Waals surface area contributed by atoms with Crippen LogP contribution in [0, 0.1) is 17.6 Å². The van der Waals surface area contributed by atoms with Crippen molar-refractivity contribution in [3.63, 3.8) is 0 Å². The maximum Gasteiger partial charge on any atom is 0.240 e. The Morgan fingerprint density at radius 2 is 2.15 bits per heavy atom. The summed E-state index contributed by atoms with van der Waals surface area (Å²) in [4.78, 5) is 15.0. The van der Waals surface area contributed by atoms with Crippen molar-refractivity contribution >= 4 is 18.1 Å². The van der Waals surface area contributed by atoms with Gasteiger partial charge in [-0.3, -0.25) is 14.5 Å². The van der Waals surface area contributed by atoms with Gasteiger partial charge in [0.15, 0.2) is 10.6 Å². The summed E-state index contributed by atoms with van der Waals surface area (Å²) in [6, 6.07) is 8.15. The lowest BCUT2D eigenvalue weighted by molar-refractivity contribution is -0.122. The molecule has 2 atom stereocenters. The van der Waals surface area contributed by atoms with Gasteiger partial charge < -0.3 is 10.2 Å². The molecule has 1 fully saturated rings. The first-order chi connectivity index (χ1) is 12.9. The average molecular weight is 388 g/mol. The highest BCUT2D eigenvalue weighted by Crippen LogP contribution is 2.18.